The molecule has 1 aliphatic heterocycles. The van der Waals surface area contributed by atoms with Crippen molar-refractivity contribution in [1.29, 1.82) is 0 Å². The fraction of sp³-hybridized carbons (Fsp3) is 0.667. The van der Waals surface area contributed by atoms with Crippen LogP contribution in [0.5, 0.6) is 0 Å². The van der Waals surface area contributed by atoms with E-state index in [2.05, 4.69) is 20.3 Å². The van der Waals surface area contributed by atoms with E-state index in [0.29, 0.717) is 24.2 Å². The van der Waals surface area contributed by atoms with Crippen LogP contribution in [0, 0.1) is 6.92 Å². The summed E-state index contributed by atoms with van der Waals surface area (Å²) in [6.07, 6.45) is 1.82. The Kier molecular flexibility index (Phi) is 2.44. The Balaban J connectivity index is 2.21. The van der Waals surface area contributed by atoms with Crippen LogP contribution in [-0.4, -0.2) is 33.5 Å². The van der Waals surface area contributed by atoms with Gasteiger partial charge in [-0.2, -0.15) is 0 Å². The normalized spacial score (nSPS) is 25.7. The zero-order valence-electron chi connectivity index (χ0n) is 8.49. The van der Waals surface area contributed by atoms with E-state index < -0.39 is 11.5 Å². The van der Waals surface area contributed by atoms with E-state index in [1.54, 1.807) is 6.92 Å². The number of carbonyl (C=O) groups is 1. The number of hydrogen-bond acceptors (Lipinski definition) is 5. The van der Waals surface area contributed by atoms with Crippen molar-refractivity contribution in [3.05, 3.63) is 11.4 Å². The summed E-state index contributed by atoms with van der Waals surface area (Å²) < 4.78 is 4.56. The molecule has 82 valence electrons. The van der Waals surface area contributed by atoms with Gasteiger partial charge < -0.3 is 10.4 Å². The molecule has 1 atom stereocenters. The molecule has 2 N–H and O–H groups in total. The zero-order valence-corrected chi connectivity index (χ0v) is 8.49. The van der Waals surface area contributed by atoms with Crippen LogP contribution >= 0.6 is 0 Å². The summed E-state index contributed by atoms with van der Waals surface area (Å²) in [6, 6.07) is 0. The molecule has 0 aromatic carbocycles. The monoisotopic (exact) mass is 211 g/mol. The van der Waals surface area contributed by atoms with Crippen molar-refractivity contribution in [3.8, 4) is 0 Å². The number of carboxylic acids is 1. The van der Waals surface area contributed by atoms with Crippen LogP contribution in [0.15, 0.2) is 4.63 Å². The molecule has 0 aliphatic carbocycles. The summed E-state index contributed by atoms with van der Waals surface area (Å²) in [7, 11) is 0. The number of hydrogen-bond donors (Lipinski definition) is 2. The van der Waals surface area contributed by atoms with E-state index in [4.69, 9.17) is 0 Å². The van der Waals surface area contributed by atoms with Gasteiger partial charge in [0.1, 0.15) is 16.9 Å². The highest BCUT2D eigenvalue weighted by Crippen LogP contribution is 2.24. The first-order chi connectivity index (χ1) is 7.14. The third-order valence-electron chi connectivity index (χ3n) is 2.87. The Morgan fingerprint density at radius 2 is 2.47 bits per heavy atom. The molecule has 1 aromatic rings. The van der Waals surface area contributed by atoms with Crippen molar-refractivity contribution in [3.63, 3.8) is 0 Å². The summed E-state index contributed by atoms with van der Waals surface area (Å²) in [6.45, 7) is 2.49. The van der Waals surface area contributed by atoms with Gasteiger partial charge in [0.25, 0.3) is 0 Å². The predicted octanol–water partition coefficient (Wildman–Crippen LogP) is 0.127. The summed E-state index contributed by atoms with van der Waals surface area (Å²) >= 11 is 0. The molecule has 1 fully saturated rings. The lowest BCUT2D eigenvalue weighted by atomic mass is 9.91. The molecule has 2 heterocycles. The predicted molar refractivity (Wildman–Crippen MR) is 50.3 cm³/mol. The molecule has 15 heavy (non-hydrogen) atoms. The van der Waals surface area contributed by atoms with Gasteiger partial charge in [0, 0.05) is 6.42 Å². The summed E-state index contributed by atoms with van der Waals surface area (Å²) in [4.78, 5) is 11.2. The second kappa shape index (κ2) is 3.62. The molecule has 1 aliphatic rings. The van der Waals surface area contributed by atoms with Gasteiger partial charge in [-0.1, -0.05) is 10.3 Å². The molecule has 2 rings (SSSR count). The van der Waals surface area contributed by atoms with Crippen LogP contribution in [-0.2, 0) is 11.2 Å². The smallest absolute Gasteiger partial charge is 0.324 e. The van der Waals surface area contributed by atoms with E-state index in [1.807, 2.05) is 0 Å². The van der Waals surface area contributed by atoms with Crippen LogP contribution in [0.2, 0.25) is 0 Å². The largest absolute Gasteiger partial charge is 0.480 e. The second-order valence-corrected chi connectivity index (χ2v) is 3.89. The fourth-order valence-electron chi connectivity index (χ4n) is 1.91. The van der Waals surface area contributed by atoms with E-state index >= 15 is 0 Å². The number of aliphatic carboxylic acids is 1. The zero-order chi connectivity index (χ0) is 10.9. The number of nitrogens with zero attached hydrogens (tertiary/aromatic N) is 2. The average Bonchev–Trinajstić information content (AvgIpc) is 2.78. The quantitative estimate of drug-likeness (QED) is 0.738. The Hall–Kier alpha value is -1.43. The van der Waals surface area contributed by atoms with Gasteiger partial charge in [0.05, 0.1) is 0 Å². The lowest BCUT2D eigenvalue weighted by Gasteiger charge is -2.22. The lowest BCUT2D eigenvalue weighted by Crippen LogP contribution is -2.49. The van der Waals surface area contributed by atoms with Gasteiger partial charge in [0.2, 0.25) is 0 Å². The molecule has 0 amide bonds. The number of carboxylic acid groups (broad SMARTS) is 1. The summed E-state index contributed by atoms with van der Waals surface area (Å²) in [5, 5.41) is 19.6. The third-order valence-corrected chi connectivity index (χ3v) is 2.87. The first kappa shape index (κ1) is 10.1. The Morgan fingerprint density at radius 1 is 1.67 bits per heavy atom. The van der Waals surface area contributed by atoms with Crippen LogP contribution in [0.3, 0.4) is 0 Å². The van der Waals surface area contributed by atoms with Crippen molar-refractivity contribution in [2.24, 2.45) is 0 Å². The Bertz CT molecular complexity index is 368. The molecule has 0 saturated carbocycles. The number of aryl methyl sites for hydroxylation is 1. The molecule has 1 aromatic heterocycles. The molecular formula is C9H13N3O3. The third kappa shape index (κ3) is 1.72. The van der Waals surface area contributed by atoms with E-state index in [-0.39, 0.29) is 0 Å². The van der Waals surface area contributed by atoms with Gasteiger partial charge >= 0.3 is 5.97 Å². The topological polar surface area (TPSA) is 88.2 Å². The minimum atomic E-state index is -0.886. The molecule has 0 radical (unpaired) electrons. The minimum absolute atomic E-state index is 0.331. The second-order valence-electron chi connectivity index (χ2n) is 3.89. The molecule has 1 unspecified atom stereocenters. The van der Waals surface area contributed by atoms with Gasteiger partial charge in [-0.05, 0) is 26.3 Å². The van der Waals surface area contributed by atoms with Crippen molar-refractivity contribution < 1.29 is 14.5 Å². The highest BCUT2D eigenvalue weighted by Gasteiger charge is 2.42. The maximum Gasteiger partial charge on any atom is 0.324 e. The van der Waals surface area contributed by atoms with Crippen molar-refractivity contribution in [1.82, 2.24) is 15.6 Å². The van der Waals surface area contributed by atoms with Gasteiger partial charge in [0.15, 0.2) is 0 Å². The molecule has 6 heteroatoms. The highest BCUT2D eigenvalue weighted by molar-refractivity contribution is 5.79. The standard InChI is InChI=1S/C9H13N3O3/c1-6-7(12-15-11-6)5-9(8(13)14)3-2-4-10-9/h10H,2-5H2,1H3,(H,13,14). The van der Waals surface area contributed by atoms with Gasteiger partial charge in [-0.3, -0.25) is 4.79 Å². The highest BCUT2D eigenvalue weighted by atomic mass is 16.6. The Morgan fingerprint density at radius 3 is 2.93 bits per heavy atom. The Labute approximate surface area is 86.6 Å². The summed E-state index contributed by atoms with van der Waals surface area (Å²) in [5.41, 5.74) is 0.389. The number of nitrogens with one attached hydrogen (secondary N) is 1. The van der Waals surface area contributed by atoms with Gasteiger partial charge in [-0.15, -0.1) is 0 Å². The SMILES string of the molecule is Cc1nonc1CC1(C(=O)O)CCCN1. The first-order valence-corrected chi connectivity index (χ1v) is 4.90. The first-order valence-electron chi connectivity index (χ1n) is 4.90. The summed E-state index contributed by atoms with van der Waals surface area (Å²) in [5.74, 6) is -0.831. The van der Waals surface area contributed by atoms with Crippen LogP contribution in [0.4, 0.5) is 0 Å². The maximum atomic E-state index is 11.2. The van der Waals surface area contributed by atoms with Crippen LogP contribution in [0.1, 0.15) is 24.2 Å². The van der Waals surface area contributed by atoms with Crippen molar-refractivity contribution in [2.45, 2.75) is 31.7 Å². The molecule has 0 spiro atoms. The van der Waals surface area contributed by atoms with Gasteiger partial charge in [-0.25, -0.2) is 4.63 Å². The van der Waals surface area contributed by atoms with Crippen molar-refractivity contribution >= 4 is 5.97 Å². The minimum Gasteiger partial charge on any atom is -0.480 e. The van der Waals surface area contributed by atoms with Crippen LogP contribution in [0.25, 0.3) is 0 Å². The molecule has 1 saturated heterocycles. The van der Waals surface area contributed by atoms with Crippen molar-refractivity contribution in [2.75, 3.05) is 6.54 Å². The van der Waals surface area contributed by atoms with E-state index in [0.717, 1.165) is 13.0 Å². The molecule has 6 nitrogen and oxygen atoms in total. The lowest BCUT2D eigenvalue weighted by molar-refractivity contribution is -0.144. The fourth-order valence-corrected chi connectivity index (χ4v) is 1.91. The maximum absolute atomic E-state index is 11.2. The van der Waals surface area contributed by atoms with Crippen LogP contribution < -0.4 is 5.32 Å². The molecule has 0 bridgehead atoms. The number of rotatable bonds is 3. The number of aromatic nitrogens is 2. The average molecular weight is 211 g/mol. The van der Waals surface area contributed by atoms with E-state index in [9.17, 15) is 9.90 Å². The molecular weight excluding hydrogens is 198 g/mol. The van der Waals surface area contributed by atoms with E-state index in [1.165, 1.54) is 0 Å².